The molecule has 2 aliphatic rings. The maximum Gasteiger partial charge on any atom is 0.242 e. The second kappa shape index (κ2) is 4.72. The Kier molecular flexibility index (Phi) is 3.50. The van der Waals surface area contributed by atoms with E-state index in [-0.39, 0.29) is 5.91 Å². The predicted molar refractivity (Wildman–Crippen MR) is 64.0 cm³/mol. The Labute approximate surface area is 97.6 Å². The van der Waals surface area contributed by atoms with Crippen LogP contribution in [0, 0.1) is 5.92 Å². The molecule has 0 aromatic heterocycles. The van der Waals surface area contributed by atoms with Gasteiger partial charge in [0.1, 0.15) is 0 Å². The average Bonchev–Trinajstić information content (AvgIpc) is 2.29. The van der Waals surface area contributed by atoms with Crippen LogP contribution in [0.25, 0.3) is 0 Å². The van der Waals surface area contributed by atoms with Crippen LogP contribution in [0.1, 0.15) is 32.6 Å². The van der Waals surface area contributed by atoms with Crippen molar-refractivity contribution in [2.24, 2.45) is 11.7 Å². The topological polar surface area (TPSA) is 58.4 Å². The largest absolute Gasteiger partial charge is 0.339 e. The Morgan fingerprint density at radius 1 is 1.44 bits per heavy atom. The summed E-state index contributed by atoms with van der Waals surface area (Å²) >= 11 is 0. The first-order valence-electron chi connectivity index (χ1n) is 6.41. The molecule has 0 aromatic carbocycles. The molecular formula is C12H23N3O. The van der Waals surface area contributed by atoms with Gasteiger partial charge in [0.25, 0.3) is 0 Å². The highest BCUT2D eigenvalue weighted by Crippen LogP contribution is 2.31. The van der Waals surface area contributed by atoms with Crippen LogP contribution in [-0.4, -0.2) is 42.5 Å². The molecule has 4 nitrogen and oxygen atoms in total. The molecule has 1 saturated heterocycles. The first-order valence-corrected chi connectivity index (χ1v) is 6.41. The summed E-state index contributed by atoms with van der Waals surface area (Å²) < 4.78 is 0. The molecule has 0 radical (unpaired) electrons. The zero-order valence-corrected chi connectivity index (χ0v) is 10.2. The van der Waals surface area contributed by atoms with Crippen molar-refractivity contribution in [1.82, 2.24) is 10.2 Å². The number of carbonyl (C=O) groups excluding carboxylic acids is 1. The zero-order chi connectivity index (χ0) is 11.6. The van der Waals surface area contributed by atoms with Crippen LogP contribution >= 0.6 is 0 Å². The van der Waals surface area contributed by atoms with Crippen LogP contribution in [-0.2, 0) is 4.79 Å². The number of hydrogen-bond donors (Lipinski definition) is 2. The van der Waals surface area contributed by atoms with Crippen molar-refractivity contribution in [2.45, 2.75) is 38.1 Å². The van der Waals surface area contributed by atoms with Crippen LogP contribution in [0.5, 0.6) is 0 Å². The number of amides is 1. The summed E-state index contributed by atoms with van der Waals surface area (Å²) in [6.45, 7) is 5.62. The fourth-order valence-electron chi connectivity index (χ4n) is 2.97. The van der Waals surface area contributed by atoms with Gasteiger partial charge >= 0.3 is 0 Å². The van der Waals surface area contributed by atoms with Crippen LogP contribution in [0.15, 0.2) is 0 Å². The fourth-order valence-corrected chi connectivity index (χ4v) is 2.97. The van der Waals surface area contributed by atoms with E-state index < -0.39 is 5.54 Å². The van der Waals surface area contributed by atoms with E-state index in [2.05, 4.69) is 12.2 Å². The third-order valence-electron chi connectivity index (χ3n) is 3.86. The van der Waals surface area contributed by atoms with Gasteiger partial charge in [-0.2, -0.15) is 0 Å². The Bertz CT molecular complexity index is 263. The van der Waals surface area contributed by atoms with Crippen molar-refractivity contribution in [1.29, 1.82) is 0 Å². The van der Waals surface area contributed by atoms with E-state index in [1.165, 1.54) is 6.42 Å². The Morgan fingerprint density at radius 3 is 2.75 bits per heavy atom. The van der Waals surface area contributed by atoms with Gasteiger partial charge in [0.2, 0.25) is 5.91 Å². The molecular weight excluding hydrogens is 202 g/mol. The predicted octanol–water partition coefficient (Wildman–Crippen LogP) is 0.326. The van der Waals surface area contributed by atoms with Gasteiger partial charge in [-0.25, -0.2) is 0 Å². The van der Waals surface area contributed by atoms with E-state index in [4.69, 9.17) is 5.73 Å². The molecule has 92 valence electrons. The first-order chi connectivity index (χ1) is 7.62. The fraction of sp³-hybridized carbons (Fsp3) is 0.917. The van der Waals surface area contributed by atoms with Crippen LogP contribution < -0.4 is 11.1 Å². The zero-order valence-electron chi connectivity index (χ0n) is 10.2. The summed E-state index contributed by atoms with van der Waals surface area (Å²) in [5, 5.41) is 3.26. The molecule has 4 heteroatoms. The molecule has 1 saturated carbocycles. The number of nitrogens with one attached hydrogen (secondary N) is 1. The second-order valence-corrected chi connectivity index (χ2v) is 5.40. The lowest BCUT2D eigenvalue weighted by Gasteiger charge is -2.40. The number of rotatable bonds is 1. The van der Waals surface area contributed by atoms with E-state index in [1.807, 2.05) is 4.90 Å². The Balaban J connectivity index is 2.01. The number of nitrogens with two attached hydrogens (primary N) is 1. The van der Waals surface area contributed by atoms with Crippen molar-refractivity contribution in [3.63, 3.8) is 0 Å². The Hall–Kier alpha value is -0.610. The normalized spacial score (nSPS) is 36.1. The summed E-state index contributed by atoms with van der Waals surface area (Å²) in [6, 6.07) is 0. The lowest BCUT2D eigenvalue weighted by molar-refractivity contribution is -0.139. The number of carbonyl (C=O) groups is 1. The molecule has 1 aliphatic carbocycles. The van der Waals surface area contributed by atoms with E-state index in [0.717, 1.165) is 45.4 Å². The molecule has 0 spiro atoms. The highest BCUT2D eigenvalue weighted by Gasteiger charge is 2.40. The molecule has 0 bridgehead atoms. The van der Waals surface area contributed by atoms with Crippen molar-refractivity contribution in [3.8, 4) is 0 Å². The maximum absolute atomic E-state index is 12.4. The minimum atomic E-state index is -0.574. The first kappa shape index (κ1) is 11.9. The van der Waals surface area contributed by atoms with E-state index >= 15 is 0 Å². The molecule has 2 atom stereocenters. The summed E-state index contributed by atoms with van der Waals surface area (Å²) in [5.74, 6) is 0.770. The van der Waals surface area contributed by atoms with Gasteiger partial charge in [-0.1, -0.05) is 19.8 Å². The number of piperazine rings is 1. The van der Waals surface area contributed by atoms with Gasteiger partial charge < -0.3 is 16.0 Å². The van der Waals surface area contributed by atoms with Gasteiger partial charge in [-0.3, -0.25) is 4.79 Å². The molecule has 16 heavy (non-hydrogen) atoms. The van der Waals surface area contributed by atoms with Crippen molar-refractivity contribution in [3.05, 3.63) is 0 Å². The molecule has 2 rings (SSSR count). The van der Waals surface area contributed by atoms with Crippen LogP contribution in [0.3, 0.4) is 0 Å². The number of nitrogens with zero attached hydrogens (tertiary/aromatic N) is 1. The summed E-state index contributed by atoms with van der Waals surface area (Å²) in [4.78, 5) is 14.3. The van der Waals surface area contributed by atoms with Gasteiger partial charge in [0, 0.05) is 26.2 Å². The quantitative estimate of drug-likeness (QED) is 0.676. The average molecular weight is 225 g/mol. The summed E-state index contributed by atoms with van der Waals surface area (Å²) in [5.41, 5.74) is 5.74. The third-order valence-corrected chi connectivity index (χ3v) is 3.86. The lowest BCUT2D eigenvalue weighted by atomic mass is 9.76. The van der Waals surface area contributed by atoms with Crippen LogP contribution in [0.2, 0.25) is 0 Å². The Morgan fingerprint density at radius 2 is 2.12 bits per heavy atom. The van der Waals surface area contributed by atoms with Crippen LogP contribution in [0.4, 0.5) is 0 Å². The monoisotopic (exact) mass is 225 g/mol. The number of hydrogen-bond acceptors (Lipinski definition) is 3. The molecule has 1 heterocycles. The van der Waals surface area contributed by atoms with Gasteiger partial charge in [0.15, 0.2) is 0 Å². The second-order valence-electron chi connectivity index (χ2n) is 5.40. The molecule has 2 fully saturated rings. The van der Waals surface area contributed by atoms with Crippen molar-refractivity contribution >= 4 is 5.91 Å². The summed E-state index contributed by atoms with van der Waals surface area (Å²) in [7, 11) is 0. The maximum atomic E-state index is 12.4. The van der Waals surface area contributed by atoms with Crippen molar-refractivity contribution in [2.75, 3.05) is 26.2 Å². The van der Waals surface area contributed by atoms with E-state index in [0.29, 0.717) is 5.92 Å². The standard InChI is InChI=1S/C12H23N3O/c1-10-3-2-4-12(13,9-10)11(16)15-7-5-14-6-8-15/h10,14H,2-9,13H2,1H3. The van der Waals surface area contributed by atoms with E-state index in [9.17, 15) is 4.79 Å². The SMILES string of the molecule is CC1CCCC(N)(C(=O)N2CCNCC2)C1. The highest BCUT2D eigenvalue weighted by molar-refractivity contribution is 5.86. The van der Waals surface area contributed by atoms with Gasteiger partial charge in [-0.05, 0) is 18.8 Å². The molecule has 3 N–H and O–H groups in total. The van der Waals surface area contributed by atoms with E-state index in [1.54, 1.807) is 0 Å². The highest BCUT2D eigenvalue weighted by atomic mass is 16.2. The molecule has 1 aliphatic heterocycles. The molecule has 0 aromatic rings. The molecule has 2 unspecified atom stereocenters. The van der Waals surface area contributed by atoms with Crippen molar-refractivity contribution < 1.29 is 4.79 Å². The van der Waals surface area contributed by atoms with Gasteiger partial charge in [0.05, 0.1) is 5.54 Å². The minimum absolute atomic E-state index is 0.181. The van der Waals surface area contributed by atoms with Gasteiger partial charge in [-0.15, -0.1) is 0 Å². The lowest BCUT2D eigenvalue weighted by Crippen LogP contribution is -2.60. The molecule has 1 amide bonds. The minimum Gasteiger partial charge on any atom is -0.339 e. The summed E-state index contributed by atoms with van der Waals surface area (Å²) in [6.07, 6.45) is 4.03. The third kappa shape index (κ3) is 2.38. The smallest absolute Gasteiger partial charge is 0.242 e.